The molecule has 1 heterocycles. The van der Waals surface area contributed by atoms with Gasteiger partial charge < -0.3 is 14.7 Å². The SMILES string of the molecule is COC1CCCCN(CCCO)C1=O. The fraction of sp³-hybridized carbons (Fsp3) is 0.900. The van der Waals surface area contributed by atoms with Crippen molar-refractivity contribution in [2.75, 3.05) is 26.8 Å². The fourth-order valence-corrected chi connectivity index (χ4v) is 1.77. The number of aliphatic hydroxyl groups is 1. The van der Waals surface area contributed by atoms with E-state index in [0.717, 1.165) is 25.8 Å². The van der Waals surface area contributed by atoms with E-state index in [2.05, 4.69) is 0 Å². The first kappa shape index (κ1) is 11.5. The van der Waals surface area contributed by atoms with Crippen LogP contribution in [0, 0.1) is 0 Å². The van der Waals surface area contributed by atoms with Gasteiger partial charge in [0.2, 0.25) is 0 Å². The monoisotopic (exact) mass is 201 g/mol. The summed E-state index contributed by atoms with van der Waals surface area (Å²) in [6.45, 7) is 1.59. The molecule has 1 aliphatic rings. The third-order valence-corrected chi connectivity index (χ3v) is 2.60. The summed E-state index contributed by atoms with van der Waals surface area (Å²) in [5.74, 6) is 0.0819. The second-order valence-electron chi connectivity index (χ2n) is 3.62. The van der Waals surface area contributed by atoms with Crippen molar-refractivity contribution in [2.24, 2.45) is 0 Å². The van der Waals surface area contributed by atoms with Gasteiger partial charge in [-0.15, -0.1) is 0 Å². The van der Waals surface area contributed by atoms with Crippen LogP contribution in [0.15, 0.2) is 0 Å². The number of rotatable bonds is 4. The number of nitrogens with zero attached hydrogens (tertiary/aromatic N) is 1. The number of carbonyl (C=O) groups excluding carboxylic acids is 1. The zero-order valence-electron chi connectivity index (χ0n) is 8.74. The molecule has 1 amide bonds. The van der Waals surface area contributed by atoms with Gasteiger partial charge in [0.15, 0.2) is 0 Å². The Morgan fingerprint density at radius 3 is 3.00 bits per heavy atom. The van der Waals surface area contributed by atoms with Crippen molar-refractivity contribution in [1.82, 2.24) is 4.90 Å². The van der Waals surface area contributed by atoms with Crippen molar-refractivity contribution in [3.63, 3.8) is 0 Å². The minimum atomic E-state index is -0.267. The summed E-state index contributed by atoms with van der Waals surface area (Å²) >= 11 is 0. The molecule has 0 radical (unpaired) electrons. The fourth-order valence-electron chi connectivity index (χ4n) is 1.77. The Hall–Kier alpha value is -0.610. The Balaban J connectivity index is 2.49. The minimum Gasteiger partial charge on any atom is -0.396 e. The van der Waals surface area contributed by atoms with E-state index >= 15 is 0 Å². The Morgan fingerprint density at radius 1 is 1.57 bits per heavy atom. The normalized spacial score (nSPS) is 23.7. The average Bonchev–Trinajstić information content (AvgIpc) is 2.38. The number of methoxy groups -OCH3 is 1. The molecule has 4 nitrogen and oxygen atoms in total. The van der Waals surface area contributed by atoms with Crippen LogP contribution in [-0.2, 0) is 9.53 Å². The summed E-state index contributed by atoms with van der Waals surface area (Å²) in [6, 6.07) is 0. The minimum absolute atomic E-state index is 0.0819. The Kier molecular flexibility index (Phi) is 4.90. The van der Waals surface area contributed by atoms with Gasteiger partial charge >= 0.3 is 0 Å². The first-order valence-electron chi connectivity index (χ1n) is 5.22. The second kappa shape index (κ2) is 5.98. The molecule has 1 saturated heterocycles. The largest absolute Gasteiger partial charge is 0.396 e. The van der Waals surface area contributed by atoms with E-state index in [4.69, 9.17) is 9.84 Å². The summed E-state index contributed by atoms with van der Waals surface area (Å²) in [4.78, 5) is 13.6. The van der Waals surface area contributed by atoms with E-state index in [1.54, 1.807) is 12.0 Å². The lowest BCUT2D eigenvalue weighted by Gasteiger charge is -2.23. The van der Waals surface area contributed by atoms with Gasteiger partial charge in [0.1, 0.15) is 6.10 Å². The van der Waals surface area contributed by atoms with Crippen molar-refractivity contribution < 1.29 is 14.6 Å². The lowest BCUT2D eigenvalue weighted by atomic mass is 10.2. The molecule has 1 fully saturated rings. The molecule has 4 heteroatoms. The van der Waals surface area contributed by atoms with Crippen LogP contribution in [0.1, 0.15) is 25.7 Å². The third-order valence-electron chi connectivity index (χ3n) is 2.60. The first-order chi connectivity index (χ1) is 6.79. The number of aliphatic hydroxyl groups excluding tert-OH is 1. The van der Waals surface area contributed by atoms with E-state index in [0.29, 0.717) is 13.0 Å². The summed E-state index contributed by atoms with van der Waals surface area (Å²) in [7, 11) is 1.58. The van der Waals surface area contributed by atoms with E-state index < -0.39 is 0 Å². The van der Waals surface area contributed by atoms with Crippen molar-refractivity contribution in [1.29, 1.82) is 0 Å². The maximum Gasteiger partial charge on any atom is 0.251 e. The van der Waals surface area contributed by atoms with Gasteiger partial charge in [-0.2, -0.15) is 0 Å². The smallest absolute Gasteiger partial charge is 0.251 e. The molecule has 1 atom stereocenters. The highest BCUT2D eigenvalue weighted by Crippen LogP contribution is 2.14. The predicted molar refractivity (Wildman–Crippen MR) is 52.9 cm³/mol. The van der Waals surface area contributed by atoms with Crippen molar-refractivity contribution in [3.8, 4) is 0 Å². The molecule has 1 aliphatic heterocycles. The molecule has 0 spiro atoms. The summed E-state index contributed by atoms with van der Waals surface area (Å²) < 4.78 is 5.14. The summed E-state index contributed by atoms with van der Waals surface area (Å²) in [6.07, 6.45) is 3.29. The van der Waals surface area contributed by atoms with Crippen LogP contribution in [0.25, 0.3) is 0 Å². The van der Waals surface area contributed by atoms with Crippen LogP contribution >= 0.6 is 0 Å². The van der Waals surface area contributed by atoms with Crippen molar-refractivity contribution in [3.05, 3.63) is 0 Å². The zero-order valence-corrected chi connectivity index (χ0v) is 8.74. The van der Waals surface area contributed by atoms with Gasteiger partial charge in [-0.25, -0.2) is 0 Å². The lowest BCUT2D eigenvalue weighted by molar-refractivity contribution is -0.141. The number of hydrogen-bond acceptors (Lipinski definition) is 3. The maximum absolute atomic E-state index is 11.8. The molecule has 1 N–H and O–H groups in total. The topological polar surface area (TPSA) is 49.8 Å². The number of amides is 1. The van der Waals surface area contributed by atoms with E-state index in [1.165, 1.54) is 0 Å². The molecule has 1 rings (SSSR count). The third kappa shape index (κ3) is 2.96. The van der Waals surface area contributed by atoms with Crippen LogP contribution in [0.3, 0.4) is 0 Å². The molecule has 0 aromatic rings. The summed E-state index contributed by atoms with van der Waals surface area (Å²) in [5.41, 5.74) is 0. The number of carbonyl (C=O) groups is 1. The van der Waals surface area contributed by atoms with Crippen LogP contribution in [-0.4, -0.2) is 48.8 Å². The van der Waals surface area contributed by atoms with Gasteiger partial charge in [-0.1, -0.05) is 0 Å². The number of ether oxygens (including phenoxy) is 1. The van der Waals surface area contributed by atoms with Gasteiger partial charge in [-0.05, 0) is 25.7 Å². The van der Waals surface area contributed by atoms with Gasteiger partial charge in [0.05, 0.1) is 0 Å². The molecule has 0 aromatic heterocycles. The standard InChI is InChI=1S/C10H19NO3/c1-14-9-5-2-3-6-11(10(9)13)7-4-8-12/h9,12H,2-8H2,1H3. The van der Waals surface area contributed by atoms with Crippen LogP contribution < -0.4 is 0 Å². The van der Waals surface area contributed by atoms with E-state index in [1.807, 2.05) is 0 Å². The predicted octanol–water partition coefficient (Wildman–Crippen LogP) is 0.396. The first-order valence-corrected chi connectivity index (χ1v) is 5.22. The van der Waals surface area contributed by atoms with E-state index in [9.17, 15) is 4.79 Å². The molecule has 0 bridgehead atoms. The molecule has 0 aromatic carbocycles. The highest BCUT2D eigenvalue weighted by atomic mass is 16.5. The zero-order chi connectivity index (χ0) is 10.4. The molecule has 0 saturated carbocycles. The molecule has 14 heavy (non-hydrogen) atoms. The Morgan fingerprint density at radius 2 is 2.36 bits per heavy atom. The summed E-state index contributed by atoms with van der Waals surface area (Å²) in [5, 5.41) is 8.71. The highest BCUT2D eigenvalue weighted by Gasteiger charge is 2.25. The highest BCUT2D eigenvalue weighted by molar-refractivity contribution is 5.81. The van der Waals surface area contributed by atoms with Gasteiger partial charge in [-0.3, -0.25) is 4.79 Å². The van der Waals surface area contributed by atoms with E-state index in [-0.39, 0.29) is 18.6 Å². The molecule has 1 unspecified atom stereocenters. The van der Waals surface area contributed by atoms with Crippen LogP contribution in [0.2, 0.25) is 0 Å². The van der Waals surface area contributed by atoms with Crippen LogP contribution in [0.5, 0.6) is 0 Å². The average molecular weight is 201 g/mol. The van der Waals surface area contributed by atoms with Crippen LogP contribution in [0.4, 0.5) is 0 Å². The lowest BCUT2D eigenvalue weighted by Crippen LogP contribution is -2.39. The van der Waals surface area contributed by atoms with Gasteiger partial charge in [0.25, 0.3) is 5.91 Å². The molecular formula is C10H19NO3. The maximum atomic E-state index is 11.8. The number of likely N-dealkylation sites (tertiary alicyclic amines) is 1. The van der Waals surface area contributed by atoms with Gasteiger partial charge in [0, 0.05) is 26.8 Å². The second-order valence-corrected chi connectivity index (χ2v) is 3.62. The van der Waals surface area contributed by atoms with Crippen molar-refractivity contribution in [2.45, 2.75) is 31.8 Å². The Bertz CT molecular complexity index is 184. The quantitative estimate of drug-likeness (QED) is 0.716. The molecule has 82 valence electrons. The number of hydrogen-bond donors (Lipinski definition) is 1. The van der Waals surface area contributed by atoms with Crippen molar-refractivity contribution >= 4 is 5.91 Å². The Labute approximate surface area is 84.8 Å². The molecular weight excluding hydrogens is 182 g/mol. The molecule has 0 aliphatic carbocycles.